The van der Waals surface area contributed by atoms with Crippen molar-refractivity contribution in [2.45, 2.75) is 245 Å². The van der Waals surface area contributed by atoms with Crippen LogP contribution in [0.2, 0.25) is 0 Å². The largest absolute Gasteiger partial charge is 0.587 e. The van der Waals surface area contributed by atoms with Gasteiger partial charge in [0.1, 0.15) is 23.7 Å². The number of hydrogen-bond donors (Lipinski definition) is 1. The van der Waals surface area contributed by atoms with E-state index in [0.29, 0.717) is 19.8 Å². The minimum atomic E-state index is -4.48. The van der Waals surface area contributed by atoms with Crippen LogP contribution in [0.4, 0.5) is 11.4 Å². The van der Waals surface area contributed by atoms with Crippen LogP contribution in [-0.2, 0) is 41.3 Å². The molecule has 0 saturated carbocycles. The number of aliphatic hydroxyl groups is 1. The molecule has 0 aliphatic rings. The summed E-state index contributed by atoms with van der Waals surface area (Å²) in [4.78, 5) is 21.3. The van der Waals surface area contributed by atoms with Gasteiger partial charge in [-0.15, -0.1) is 0 Å². The van der Waals surface area contributed by atoms with E-state index in [1.165, 1.54) is 239 Å². The molecule has 0 radical (unpaired) electrons. The van der Waals surface area contributed by atoms with Crippen molar-refractivity contribution in [1.82, 2.24) is 0 Å². The highest BCUT2D eigenvalue weighted by Gasteiger charge is 2.33. The Kier molecular flexibility index (Phi) is 43.4. The van der Waals surface area contributed by atoms with Crippen molar-refractivity contribution in [1.29, 1.82) is 0 Å². The van der Waals surface area contributed by atoms with Crippen molar-refractivity contribution in [2.24, 2.45) is 0 Å². The van der Waals surface area contributed by atoms with Crippen LogP contribution in [0.25, 0.3) is 22.3 Å². The van der Waals surface area contributed by atoms with Crippen LogP contribution in [0.5, 0.6) is 11.5 Å². The summed E-state index contributed by atoms with van der Waals surface area (Å²) in [6.45, 7) is 6.88. The van der Waals surface area contributed by atoms with Gasteiger partial charge in [0.15, 0.2) is 0 Å². The fourth-order valence-electron chi connectivity index (χ4n) is 11.3. The number of unbranched alkanes of at least 4 members (excludes halogenated alkanes) is 30. The standard InChI is InChI=1S/C46H61N2O10P.C34H54O3/c1-2-3-4-5-6-7-8-9-10-11-12-13-14-15-16-20-35-54-37-46(55-36-39-23-25-41(26-24-39)40-21-18-17-19-22-40)38-56-59(53,57-44-31-27-42(28-32-44)47(49)50)58-45-33-29-43(30-34-45)48(51)52;1-2-3-4-5-6-7-8-9-10-11-12-13-14-15-16-20-27-36-30-34(28-35)37-29-31-23-25-33(26-24-31)32-21-18-17-19-22-32/h17-19,21-34,46H,2-16,20,35-38H2,1H3;17-19,21-26,34-35H,2-16,20,27-30H2,1H3/t46-;34-/m10/s1. The first-order chi connectivity index (χ1) is 47.1. The Balaban J connectivity index is 0.000000387. The molecular weight excluding hydrogens is 1230 g/mol. The Morgan fingerprint density at radius 1 is 0.365 bits per heavy atom. The van der Waals surface area contributed by atoms with Gasteiger partial charge in [0.25, 0.3) is 11.4 Å². The summed E-state index contributed by atoms with van der Waals surface area (Å²) in [6.07, 6.45) is 41.6. The van der Waals surface area contributed by atoms with Crippen LogP contribution in [0.3, 0.4) is 0 Å². The van der Waals surface area contributed by atoms with Crippen LogP contribution in [0.15, 0.2) is 158 Å². The van der Waals surface area contributed by atoms with E-state index in [-0.39, 0.29) is 55.4 Å². The highest BCUT2D eigenvalue weighted by atomic mass is 31.2. The van der Waals surface area contributed by atoms with E-state index in [2.05, 4.69) is 62.4 Å². The molecule has 528 valence electrons. The zero-order chi connectivity index (χ0) is 68.2. The normalized spacial score (nSPS) is 12.0. The second-order valence-electron chi connectivity index (χ2n) is 25.4. The number of nitrogens with zero attached hydrogens (tertiary/aromatic N) is 2. The minimum Gasteiger partial charge on any atom is -0.395 e. The molecule has 0 fully saturated rings. The SMILES string of the molecule is CCCCCCCCCCCCCCCCCCOC[C@H](CO)OCc1ccc(-c2ccccc2)cc1.CCCCCCCCCCCCCCCCCCOC[C@H](COP(=O)(Oc1ccc([N+](=O)[O-])cc1)Oc1ccc([N+](=O)[O-])cc1)OCc1ccc(-c2ccccc2)cc1. The molecule has 0 spiro atoms. The summed E-state index contributed by atoms with van der Waals surface area (Å²) in [5.74, 6) is -0.00636. The van der Waals surface area contributed by atoms with Gasteiger partial charge >= 0.3 is 7.82 Å². The van der Waals surface area contributed by atoms with Crippen molar-refractivity contribution >= 4 is 19.2 Å². The van der Waals surface area contributed by atoms with Crippen LogP contribution < -0.4 is 9.05 Å². The second kappa shape index (κ2) is 51.9. The van der Waals surface area contributed by atoms with Gasteiger partial charge in [-0.25, -0.2) is 4.57 Å². The zero-order valence-electron chi connectivity index (χ0n) is 58.1. The minimum absolute atomic E-state index is 0.00318. The molecule has 6 aromatic rings. The van der Waals surface area contributed by atoms with E-state index < -0.39 is 23.8 Å². The van der Waals surface area contributed by atoms with Gasteiger partial charge in [-0.3, -0.25) is 24.8 Å². The highest BCUT2D eigenvalue weighted by molar-refractivity contribution is 7.49. The van der Waals surface area contributed by atoms with Gasteiger partial charge in [-0.05, 0) is 70.5 Å². The molecule has 0 aliphatic carbocycles. The molecule has 6 aromatic carbocycles. The van der Waals surface area contributed by atoms with Crippen molar-refractivity contribution < 1.29 is 52.0 Å². The first-order valence-electron chi connectivity index (χ1n) is 36.5. The van der Waals surface area contributed by atoms with Crippen LogP contribution >= 0.6 is 7.82 Å². The Morgan fingerprint density at radius 3 is 0.969 bits per heavy atom. The number of benzene rings is 6. The summed E-state index contributed by atoms with van der Waals surface area (Å²) in [5, 5.41) is 32.0. The Labute approximate surface area is 575 Å². The molecule has 15 nitrogen and oxygen atoms in total. The molecule has 0 saturated heterocycles. The summed E-state index contributed by atoms with van der Waals surface area (Å²) in [5.41, 5.74) is 6.24. The van der Waals surface area contributed by atoms with E-state index in [9.17, 15) is 29.9 Å². The summed E-state index contributed by atoms with van der Waals surface area (Å²) < 4.78 is 55.3. The maximum atomic E-state index is 14.2. The van der Waals surface area contributed by atoms with Crippen LogP contribution in [-0.4, -0.2) is 66.8 Å². The lowest BCUT2D eigenvalue weighted by molar-refractivity contribution is -0.385. The van der Waals surface area contributed by atoms with E-state index >= 15 is 0 Å². The van der Waals surface area contributed by atoms with Crippen molar-refractivity contribution in [3.05, 3.63) is 189 Å². The number of aliphatic hydroxyl groups excluding tert-OH is 1. The third-order valence-electron chi connectivity index (χ3n) is 17.1. The molecule has 6 rings (SSSR count). The number of nitro groups is 2. The van der Waals surface area contributed by atoms with Crippen molar-refractivity contribution in [2.75, 3.05) is 39.6 Å². The number of ether oxygens (including phenoxy) is 4. The Hall–Kier alpha value is -6.29. The molecule has 0 bridgehead atoms. The van der Waals surface area contributed by atoms with Crippen LogP contribution in [0.1, 0.15) is 230 Å². The number of phosphoric acid groups is 1. The third-order valence-corrected chi connectivity index (χ3v) is 18.5. The predicted molar refractivity (Wildman–Crippen MR) is 390 cm³/mol. The van der Waals surface area contributed by atoms with Crippen LogP contribution in [0, 0.1) is 20.2 Å². The molecule has 0 aliphatic heterocycles. The van der Waals surface area contributed by atoms with Crippen molar-refractivity contribution in [3.63, 3.8) is 0 Å². The molecular formula is C80H115N2O13P. The maximum Gasteiger partial charge on any atom is 0.587 e. The van der Waals surface area contributed by atoms with Gasteiger partial charge in [0.2, 0.25) is 0 Å². The average molecular weight is 1340 g/mol. The smallest absolute Gasteiger partial charge is 0.395 e. The summed E-state index contributed by atoms with van der Waals surface area (Å²) >= 11 is 0. The molecule has 16 heteroatoms. The second-order valence-corrected chi connectivity index (χ2v) is 26.9. The Bertz CT molecular complexity index is 2860. The number of hydrogen-bond acceptors (Lipinski definition) is 13. The first kappa shape index (κ1) is 80.4. The van der Waals surface area contributed by atoms with E-state index in [4.69, 9.17) is 32.5 Å². The van der Waals surface area contributed by atoms with Crippen molar-refractivity contribution in [3.8, 4) is 33.8 Å². The maximum absolute atomic E-state index is 14.2. The third kappa shape index (κ3) is 36.9. The van der Waals surface area contributed by atoms with Gasteiger partial charge in [0.05, 0.1) is 49.5 Å². The highest BCUT2D eigenvalue weighted by Crippen LogP contribution is 2.50. The van der Waals surface area contributed by atoms with E-state index in [1.807, 2.05) is 60.7 Å². The number of phosphoric ester groups is 1. The molecule has 0 heterocycles. The topological polar surface area (TPSA) is 188 Å². The molecule has 2 atom stereocenters. The van der Waals surface area contributed by atoms with Gasteiger partial charge < -0.3 is 33.1 Å². The predicted octanol–water partition coefficient (Wildman–Crippen LogP) is 23.1. The summed E-state index contributed by atoms with van der Waals surface area (Å²) in [6, 6.07) is 46.8. The molecule has 0 unspecified atom stereocenters. The molecule has 0 amide bonds. The Morgan fingerprint density at radius 2 is 0.656 bits per heavy atom. The fourth-order valence-corrected chi connectivity index (χ4v) is 12.5. The molecule has 0 aromatic heterocycles. The lowest BCUT2D eigenvalue weighted by atomic mass is 10.0. The molecule has 96 heavy (non-hydrogen) atoms. The van der Waals surface area contributed by atoms with Gasteiger partial charge in [-0.1, -0.05) is 316 Å². The van der Waals surface area contributed by atoms with Gasteiger partial charge in [0, 0.05) is 37.5 Å². The fraction of sp³-hybridized carbons (Fsp3) is 0.550. The lowest BCUT2D eigenvalue weighted by Crippen LogP contribution is -2.26. The number of nitro benzene ring substituents is 2. The monoisotopic (exact) mass is 1340 g/mol. The lowest BCUT2D eigenvalue weighted by Gasteiger charge is -2.23. The van der Waals surface area contributed by atoms with E-state index in [1.54, 1.807) is 0 Å². The van der Waals surface area contributed by atoms with E-state index in [0.717, 1.165) is 54.5 Å². The average Bonchev–Trinajstić information content (AvgIpc) is 0.903. The number of non-ortho nitro benzene ring substituents is 2. The molecule has 1 N–H and O–H groups in total. The van der Waals surface area contributed by atoms with Gasteiger partial charge in [-0.2, -0.15) is 0 Å². The first-order valence-corrected chi connectivity index (χ1v) is 37.9. The zero-order valence-corrected chi connectivity index (χ0v) is 59.0. The summed E-state index contributed by atoms with van der Waals surface area (Å²) in [7, 11) is -4.48. The quantitative estimate of drug-likeness (QED) is 0.0165. The number of rotatable bonds is 56.